The van der Waals surface area contributed by atoms with Crippen LogP contribution in [0.4, 0.5) is 11.6 Å². The number of rotatable bonds is 1. The molecule has 2 N–H and O–H groups in total. The molecule has 0 saturated heterocycles. The maximum Gasteiger partial charge on any atom is 0.219 e. The summed E-state index contributed by atoms with van der Waals surface area (Å²) in [6.07, 6.45) is 3.03. The summed E-state index contributed by atoms with van der Waals surface area (Å²) in [6.45, 7) is 4.21. The Balaban J connectivity index is 1.75. The molecule has 0 saturated carbocycles. The monoisotopic (exact) mass is 361 g/mol. The van der Waals surface area contributed by atoms with Gasteiger partial charge in [-0.2, -0.15) is 0 Å². The second-order valence-electron chi connectivity index (χ2n) is 7.91. The number of nitrogens with zero attached hydrogens (tertiary/aromatic N) is 3. The van der Waals surface area contributed by atoms with Gasteiger partial charge in [0, 0.05) is 29.3 Å². The third kappa shape index (κ3) is 2.58. The van der Waals surface area contributed by atoms with E-state index in [1.54, 1.807) is 6.20 Å². The molecular weight excluding hydrogens is 342 g/mol. The van der Waals surface area contributed by atoms with E-state index in [0.717, 1.165) is 34.2 Å². The van der Waals surface area contributed by atoms with Crippen molar-refractivity contribution in [3.8, 4) is 0 Å². The highest BCUT2D eigenvalue weighted by molar-refractivity contribution is 6.01. The lowest BCUT2D eigenvalue weighted by Gasteiger charge is -2.34. The summed E-state index contributed by atoms with van der Waals surface area (Å²) >= 11 is 0. The zero-order valence-electron chi connectivity index (χ0n) is 15.1. The number of benzene rings is 1. The van der Waals surface area contributed by atoms with Crippen LogP contribution in [0.3, 0.4) is 0 Å². The van der Waals surface area contributed by atoms with Crippen molar-refractivity contribution in [3.05, 3.63) is 53.4 Å². The average molecular weight is 361 g/mol. The Bertz CT molecular complexity index is 1090. The molecule has 0 unspecified atom stereocenters. The minimum atomic E-state index is -0.350. The zero-order chi connectivity index (χ0) is 18.6. The summed E-state index contributed by atoms with van der Waals surface area (Å²) in [7, 11) is 0. The summed E-state index contributed by atoms with van der Waals surface area (Å²) in [6, 6.07) is 9.54. The number of Topliss-reactive ketones (excluding diaryl/α,β-unsaturated/α-hetero) is 1. The Hall–Kier alpha value is -3.22. The Morgan fingerprint density at radius 3 is 2.81 bits per heavy atom. The van der Waals surface area contributed by atoms with Crippen molar-refractivity contribution >= 4 is 28.3 Å². The number of hydrogen-bond acceptors (Lipinski definition) is 7. The topological polar surface area (TPSA) is 92.9 Å². The van der Waals surface area contributed by atoms with Crippen molar-refractivity contribution in [2.75, 3.05) is 10.6 Å². The summed E-state index contributed by atoms with van der Waals surface area (Å²) in [5, 5.41) is 15.6. The maximum absolute atomic E-state index is 13.2. The normalized spacial score (nSPS) is 21.1. The van der Waals surface area contributed by atoms with Crippen LogP contribution in [0.1, 0.15) is 38.3 Å². The molecule has 7 nitrogen and oxygen atoms in total. The second kappa shape index (κ2) is 5.64. The number of hydrogen-bond donors (Lipinski definition) is 2. The molecule has 3 heterocycles. The van der Waals surface area contributed by atoms with Gasteiger partial charge >= 0.3 is 0 Å². The van der Waals surface area contributed by atoms with Gasteiger partial charge in [0.05, 0.1) is 11.6 Å². The van der Waals surface area contributed by atoms with Crippen molar-refractivity contribution in [2.45, 2.75) is 32.7 Å². The summed E-state index contributed by atoms with van der Waals surface area (Å²) in [5.41, 5.74) is 3.38. The van der Waals surface area contributed by atoms with E-state index in [4.69, 9.17) is 4.63 Å². The summed E-state index contributed by atoms with van der Waals surface area (Å²) < 4.78 is 4.91. The van der Waals surface area contributed by atoms with Gasteiger partial charge in [0.2, 0.25) is 11.6 Å². The SMILES string of the molecule is CC1(C)CC(=O)C2=C(C1)Nc1nonc1N[C@H]2c1ccnc2ccccc12. The Morgan fingerprint density at radius 2 is 1.93 bits per heavy atom. The second-order valence-corrected chi connectivity index (χ2v) is 7.91. The van der Waals surface area contributed by atoms with Gasteiger partial charge in [-0.1, -0.05) is 32.0 Å². The van der Waals surface area contributed by atoms with Crippen LogP contribution in [0, 0.1) is 5.41 Å². The van der Waals surface area contributed by atoms with Crippen LogP contribution in [-0.4, -0.2) is 21.1 Å². The van der Waals surface area contributed by atoms with Crippen LogP contribution in [0.5, 0.6) is 0 Å². The van der Waals surface area contributed by atoms with E-state index in [1.165, 1.54) is 0 Å². The number of carbonyl (C=O) groups is 1. The molecule has 5 rings (SSSR count). The van der Waals surface area contributed by atoms with Crippen molar-refractivity contribution in [1.29, 1.82) is 0 Å². The van der Waals surface area contributed by atoms with Crippen molar-refractivity contribution < 1.29 is 9.42 Å². The molecule has 0 radical (unpaired) electrons. The predicted molar refractivity (Wildman–Crippen MR) is 101 cm³/mol. The highest BCUT2D eigenvalue weighted by Gasteiger charge is 2.40. The molecule has 0 amide bonds. The van der Waals surface area contributed by atoms with E-state index in [2.05, 4.69) is 39.8 Å². The van der Waals surface area contributed by atoms with Gasteiger partial charge in [0.25, 0.3) is 0 Å². The van der Waals surface area contributed by atoms with E-state index in [9.17, 15) is 4.79 Å². The van der Waals surface area contributed by atoms with E-state index in [-0.39, 0.29) is 17.2 Å². The van der Waals surface area contributed by atoms with E-state index in [1.807, 2.05) is 30.3 Å². The summed E-state index contributed by atoms with van der Waals surface area (Å²) in [5.74, 6) is 1.14. The lowest BCUT2D eigenvalue weighted by atomic mass is 9.73. The number of para-hydroxylation sites is 1. The number of nitrogens with one attached hydrogen (secondary N) is 2. The molecule has 136 valence electrons. The van der Waals surface area contributed by atoms with Crippen molar-refractivity contribution in [2.24, 2.45) is 5.41 Å². The third-order valence-electron chi connectivity index (χ3n) is 5.24. The quantitative estimate of drug-likeness (QED) is 0.680. The van der Waals surface area contributed by atoms with Gasteiger partial charge in [-0.15, -0.1) is 0 Å². The largest absolute Gasteiger partial charge is 0.353 e. The molecule has 7 heteroatoms. The minimum Gasteiger partial charge on any atom is -0.353 e. The highest BCUT2D eigenvalue weighted by atomic mass is 16.6. The Kier molecular flexibility index (Phi) is 3.34. The van der Waals surface area contributed by atoms with Crippen LogP contribution in [0.25, 0.3) is 10.9 Å². The van der Waals surface area contributed by atoms with Gasteiger partial charge in [-0.05, 0) is 39.8 Å². The molecule has 1 aliphatic heterocycles. The first-order chi connectivity index (χ1) is 13.0. The average Bonchev–Trinajstić information content (AvgIpc) is 2.99. The van der Waals surface area contributed by atoms with Crippen LogP contribution >= 0.6 is 0 Å². The minimum absolute atomic E-state index is 0.116. The van der Waals surface area contributed by atoms with Gasteiger partial charge < -0.3 is 10.6 Å². The molecule has 27 heavy (non-hydrogen) atoms. The number of aromatic nitrogens is 3. The first-order valence-electron chi connectivity index (χ1n) is 8.98. The summed E-state index contributed by atoms with van der Waals surface area (Å²) in [4.78, 5) is 17.6. The third-order valence-corrected chi connectivity index (χ3v) is 5.24. The standard InChI is InChI=1S/C20H19N5O2/c1-20(2)9-14-16(15(26)10-20)17(23-19-18(22-14)24-27-25-19)12-7-8-21-13-6-4-3-5-11(12)13/h3-8,17H,9-10H2,1-2H3,(H,22,24)(H,23,25)/t17-/m0/s1. The van der Waals surface area contributed by atoms with Gasteiger partial charge in [-0.3, -0.25) is 9.78 Å². The molecule has 1 aromatic carbocycles. The highest BCUT2D eigenvalue weighted by Crippen LogP contribution is 2.45. The van der Waals surface area contributed by atoms with E-state index in [0.29, 0.717) is 18.1 Å². The van der Waals surface area contributed by atoms with Gasteiger partial charge in [-0.25, -0.2) is 4.63 Å². The number of anilines is 2. The molecule has 0 fully saturated rings. The Labute approximate surface area is 155 Å². The smallest absolute Gasteiger partial charge is 0.219 e. The Morgan fingerprint density at radius 1 is 1.11 bits per heavy atom. The lowest BCUT2D eigenvalue weighted by molar-refractivity contribution is -0.118. The zero-order valence-corrected chi connectivity index (χ0v) is 15.1. The lowest BCUT2D eigenvalue weighted by Crippen LogP contribution is -2.31. The van der Waals surface area contributed by atoms with E-state index >= 15 is 0 Å². The maximum atomic E-state index is 13.2. The molecule has 3 aromatic rings. The first-order valence-corrected chi connectivity index (χ1v) is 8.98. The first kappa shape index (κ1) is 16.0. The number of allylic oxidation sites excluding steroid dienone is 1. The van der Waals surface area contributed by atoms with E-state index < -0.39 is 0 Å². The molecule has 2 aliphatic rings. The van der Waals surface area contributed by atoms with Crippen molar-refractivity contribution in [1.82, 2.24) is 15.3 Å². The van der Waals surface area contributed by atoms with Gasteiger partial charge in [0.15, 0.2) is 5.78 Å². The number of ketones is 1. The predicted octanol–water partition coefficient (Wildman–Crippen LogP) is 3.84. The fourth-order valence-electron chi connectivity index (χ4n) is 4.10. The number of carbonyl (C=O) groups excluding carboxylic acids is 1. The molecular formula is C20H19N5O2. The van der Waals surface area contributed by atoms with Crippen LogP contribution in [-0.2, 0) is 4.79 Å². The molecule has 1 atom stereocenters. The van der Waals surface area contributed by atoms with Crippen LogP contribution < -0.4 is 10.6 Å². The van der Waals surface area contributed by atoms with Crippen LogP contribution in [0.15, 0.2) is 52.4 Å². The molecule has 2 aromatic heterocycles. The molecule has 0 spiro atoms. The fourth-order valence-corrected chi connectivity index (χ4v) is 4.10. The van der Waals surface area contributed by atoms with Crippen molar-refractivity contribution in [3.63, 3.8) is 0 Å². The van der Waals surface area contributed by atoms with Crippen LogP contribution in [0.2, 0.25) is 0 Å². The van der Waals surface area contributed by atoms with Gasteiger partial charge in [0.1, 0.15) is 0 Å². The number of fused-ring (bicyclic) bond motifs is 2. The molecule has 1 aliphatic carbocycles. The number of pyridine rings is 1. The fraction of sp³-hybridized carbons (Fsp3) is 0.300. The molecule has 0 bridgehead atoms.